The Hall–Kier alpha value is -1.39. The van der Waals surface area contributed by atoms with E-state index in [1.54, 1.807) is 18.4 Å². The van der Waals surface area contributed by atoms with Crippen LogP contribution in [0.1, 0.15) is 17.8 Å². The van der Waals surface area contributed by atoms with Gasteiger partial charge in [-0.25, -0.2) is 4.98 Å². The van der Waals surface area contributed by atoms with Gasteiger partial charge in [0.25, 0.3) is 0 Å². The lowest BCUT2D eigenvalue weighted by Gasteiger charge is -2.06. The fraction of sp³-hybridized carbons (Fsp3) is 0.357. The summed E-state index contributed by atoms with van der Waals surface area (Å²) in [6.45, 7) is 0.206. The maximum absolute atomic E-state index is 9.42. The van der Waals surface area contributed by atoms with E-state index in [1.165, 1.54) is 0 Å². The molecule has 0 radical (unpaired) electrons. The molecule has 0 bridgehead atoms. The molecule has 1 heterocycles. The molecule has 0 saturated heterocycles. The van der Waals surface area contributed by atoms with Crippen molar-refractivity contribution in [2.45, 2.75) is 18.3 Å². The average molecular weight is 261 g/mol. The quantitative estimate of drug-likeness (QED) is 0.920. The highest BCUT2D eigenvalue weighted by Gasteiger charge is 2.46. The van der Waals surface area contributed by atoms with Gasteiger partial charge in [-0.1, -0.05) is 12.1 Å². The molecule has 2 aromatic rings. The van der Waals surface area contributed by atoms with Crippen LogP contribution in [0.4, 0.5) is 0 Å². The second kappa shape index (κ2) is 4.37. The summed E-state index contributed by atoms with van der Waals surface area (Å²) >= 11 is 1.64. The van der Waals surface area contributed by atoms with Crippen LogP contribution in [0.25, 0.3) is 11.3 Å². The topological polar surface area (TPSA) is 42.4 Å². The second-order valence-electron chi connectivity index (χ2n) is 4.71. The van der Waals surface area contributed by atoms with E-state index < -0.39 is 0 Å². The van der Waals surface area contributed by atoms with Crippen LogP contribution in [0.2, 0.25) is 0 Å². The molecule has 0 aliphatic heterocycles. The molecule has 1 fully saturated rings. The summed E-state index contributed by atoms with van der Waals surface area (Å²) in [4.78, 5) is 4.66. The van der Waals surface area contributed by atoms with E-state index in [-0.39, 0.29) is 12.0 Å². The van der Waals surface area contributed by atoms with Crippen LogP contribution in [0.3, 0.4) is 0 Å². The highest BCUT2D eigenvalue weighted by atomic mass is 32.1. The number of ether oxygens (including phenoxy) is 1. The molecule has 0 unspecified atom stereocenters. The van der Waals surface area contributed by atoms with Crippen molar-refractivity contribution in [3.05, 3.63) is 34.7 Å². The zero-order valence-electron chi connectivity index (χ0n) is 10.2. The first-order valence-electron chi connectivity index (χ1n) is 5.99. The molecule has 0 atom stereocenters. The monoisotopic (exact) mass is 261 g/mol. The first-order chi connectivity index (χ1) is 8.77. The van der Waals surface area contributed by atoms with E-state index in [2.05, 4.69) is 10.4 Å². The smallest absolute Gasteiger partial charge is 0.119 e. The van der Waals surface area contributed by atoms with Crippen molar-refractivity contribution in [1.82, 2.24) is 4.98 Å². The number of aliphatic hydroxyl groups is 1. The number of hydrogen-bond acceptors (Lipinski definition) is 4. The Bertz CT molecular complexity index is 560. The van der Waals surface area contributed by atoms with Gasteiger partial charge in [-0.05, 0) is 25.0 Å². The molecule has 18 heavy (non-hydrogen) atoms. The van der Waals surface area contributed by atoms with Gasteiger partial charge in [-0.3, -0.25) is 0 Å². The molecule has 1 aliphatic carbocycles. The van der Waals surface area contributed by atoms with Gasteiger partial charge >= 0.3 is 0 Å². The van der Waals surface area contributed by atoms with E-state index >= 15 is 0 Å². The predicted molar refractivity (Wildman–Crippen MR) is 72.1 cm³/mol. The maximum atomic E-state index is 9.42. The number of thiazole rings is 1. The number of aromatic nitrogens is 1. The Morgan fingerprint density at radius 3 is 2.94 bits per heavy atom. The van der Waals surface area contributed by atoms with Crippen LogP contribution < -0.4 is 4.74 Å². The van der Waals surface area contributed by atoms with Crippen LogP contribution in [0.5, 0.6) is 5.75 Å². The number of benzene rings is 1. The summed E-state index contributed by atoms with van der Waals surface area (Å²) in [5.41, 5.74) is 1.99. The summed E-state index contributed by atoms with van der Waals surface area (Å²) in [5.74, 6) is 0.838. The highest BCUT2D eigenvalue weighted by molar-refractivity contribution is 7.10. The lowest BCUT2D eigenvalue weighted by Crippen LogP contribution is -2.11. The minimum atomic E-state index is -0.0399. The van der Waals surface area contributed by atoms with Crippen molar-refractivity contribution < 1.29 is 9.84 Å². The summed E-state index contributed by atoms with van der Waals surface area (Å²) in [5, 5.41) is 12.5. The Balaban J connectivity index is 1.93. The number of nitrogens with zero attached hydrogens (tertiary/aromatic N) is 1. The second-order valence-corrected chi connectivity index (χ2v) is 5.57. The Kier molecular flexibility index (Phi) is 2.84. The van der Waals surface area contributed by atoms with Crippen LogP contribution in [-0.2, 0) is 5.41 Å². The van der Waals surface area contributed by atoms with Crippen LogP contribution >= 0.6 is 11.3 Å². The summed E-state index contributed by atoms with van der Waals surface area (Å²) in [6.07, 6.45) is 2.10. The fourth-order valence-electron chi connectivity index (χ4n) is 2.02. The van der Waals surface area contributed by atoms with Gasteiger partial charge in [0.2, 0.25) is 0 Å². The third-order valence-corrected chi connectivity index (χ3v) is 4.57. The van der Waals surface area contributed by atoms with Gasteiger partial charge in [0, 0.05) is 16.4 Å². The maximum Gasteiger partial charge on any atom is 0.119 e. The van der Waals surface area contributed by atoms with Crippen molar-refractivity contribution in [2.75, 3.05) is 13.7 Å². The molecular weight excluding hydrogens is 246 g/mol. The molecule has 3 rings (SSSR count). The predicted octanol–water partition coefficient (Wildman–Crippen LogP) is 2.84. The molecule has 4 heteroatoms. The number of aliphatic hydroxyl groups excluding tert-OH is 1. The van der Waals surface area contributed by atoms with Gasteiger partial charge in [0.15, 0.2) is 0 Å². The average Bonchev–Trinajstić information content (AvgIpc) is 3.08. The molecule has 1 aromatic carbocycles. The van der Waals surface area contributed by atoms with Crippen LogP contribution in [0.15, 0.2) is 29.6 Å². The molecule has 1 aromatic heterocycles. The standard InChI is InChI=1S/C14H15NO2S/c1-17-11-4-2-3-10(7-11)12-8-18-13(15-12)14(9-16)5-6-14/h2-4,7-8,16H,5-6,9H2,1H3. The van der Waals surface area contributed by atoms with Crippen molar-refractivity contribution in [3.63, 3.8) is 0 Å². The van der Waals surface area contributed by atoms with Crippen LogP contribution in [0, 0.1) is 0 Å². The largest absolute Gasteiger partial charge is 0.497 e. The fourth-order valence-corrected chi connectivity index (χ4v) is 3.10. The van der Waals surface area contributed by atoms with Crippen molar-refractivity contribution in [3.8, 4) is 17.0 Å². The van der Waals surface area contributed by atoms with E-state index in [4.69, 9.17) is 4.74 Å². The van der Waals surface area contributed by atoms with E-state index in [1.807, 2.05) is 24.3 Å². The van der Waals surface area contributed by atoms with E-state index in [9.17, 15) is 5.11 Å². The molecule has 1 aliphatic rings. The van der Waals surface area contributed by atoms with Gasteiger partial charge in [-0.15, -0.1) is 11.3 Å². The van der Waals surface area contributed by atoms with Gasteiger partial charge < -0.3 is 9.84 Å². The molecule has 3 nitrogen and oxygen atoms in total. The van der Waals surface area contributed by atoms with E-state index in [0.717, 1.165) is 34.9 Å². The van der Waals surface area contributed by atoms with Gasteiger partial charge in [0.05, 0.1) is 19.4 Å². The van der Waals surface area contributed by atoms with Crippen molar-refractivity contribution in [1.29, 1.82) is 0 Å². The minimum absolute atomic E-state index is 0.0399. The zero-order chi connectivity index (χ0) is 12.6. The van der Waals surface area contributed by atoms with Gasteiger partial charge in [-0.2, -0.15) is 0 Å². The molecule has 94 valence electrons. The first kappa shape index (κ1) is 11.7. The molecular formula is C14H15NO2S. The normalized spacial score (nSPS) is 16.6. The summed E-state index contributed by atoms with van der Waals surface area (Å²) in [7, 11) is 1.66. The number of hydrogen-bond donors (Lipinski definition) is 1. The lowest BCUT2D eigenvalue weighted by molar-refractivity contribution is 0.255. The van der Waals surface area contributed by atoms with Crippen LogP contribution in [-0.4, -0.2) is 23.8 Å². The SMILES string of the molecule is COc1cccc(-c2csc(C3(CO)CC3)n2)c1. The third kappa shape index (κ3) is 1.91. The first-order valence-corrected chi connectivity index (χ1v) is 6.87. The molecule has 1 N–H and O–H groups in total. The molecule has 0 amide bonds. The number of methoxy groups -OCH3 is 1. The minimum Gasteiger partial charge on any atom is -0.497 e. The number of rotatable bonds is 4. The summed E-state index contributed by atoms with van der Waals surface area (Å²) < 4.78 is 5.22. The molecule has 1 saturated carbocycles. The van der Waals surface area contributed by atoms with Crippen molar-refractivity contribution in [2.24, 2.45) is 0 Å². The van der Waals surface area contributed by atoms with E-state index in [0.29, 0.717) is 0 Å². The molecule has 0 spiro atoms. The lowest BCUT2D eigenvalue weighted by atomic mass is 10.1. The Morgan fingerprint density at radius 1 is 1.44 bits per heavy atom. The highest BCUT2D eigenvalue weighted by Crippen LogP contribution is 2.49. The zero-order valence-corrected chi connectivity index (χ0v) is 11.0. The summed E-state index contributed by atoms with van der Waals surface area (Å²) in [6, 6.07) is 7.90. The third-order valence-electron chi connectivity index (χ3n) is 3.48. The van der Waals surface area contributed by atoms with Crippen molar-refractivity contribution >= 4 is 11.3 Å². The Labute approximate surface area is 110 Å². The van der Waals surface area contributed by atoms with Gasteiger partial charge in [0.1, 0.15) is 10.8 Å². The Morgan fingerprint density at radius 2 is 2.28 bits per heavy atom.